The highest BCUT2D eigenvalue weighted by molar-refractivity contribution is 5.76. The molecule has 0 spiro atoms. The number of hydrogen-bond donors (Lipinski definition) is 2. The highest BCUT2D eigenvalue weighted by atomic mass is 19.2. The SMILES string of the molecule is CNC(=O)CCN(C)c1c(N)ccc(F)c1F. The van der Waals surface area contributed by atoms with E-state index in [-0.39, 0.29) is 30.2 Å². The van der Waals surface area contributed by atoms with Gasteiger partial charge in [0.15, 0.2) is 11.6 Å². The average Bonchev–Trinajstić information content (AvgIpc) is 2.31. The molecule has 0 radical (unpaired) electrons. The van der Waals surface area contributed by atoms with Crippen LogP contribution in [-0.4, -0.2) is 26.5 Å². The summed E-state index contributed by atoms with van der Waals surface area (Å²) in [5, 5.41) is 2.45. The molecule has 0 aliphatic rings. The number of nitrogens with two attached hydrogens (primary N) is 1. The summed E-state index contributed by atoms with van der Waals surface area (Å²) in [5.41, 5.74) is 5.70. The third-order valence-electron chi connectivity index (χ3n) is 2.44. The molecule has 0 aliphatic carbocycles. The number of halogens is 2. The third-order valence-corrected chi connectivity index (χ3v) is 2.44. The molecule has 3 N–H and O–H groups in total. The molecule has 0 saturated carbocycles. The van der Waals surface area contributed by atoms with E-state index in [0.717, 1.165) is 6.07 Å². The highest BCUT2D eigenvalue weighted by Crippen LogP contribution is 2.27. The van der Waals surface area contributed by atoms with Gasteiger partial charge in [0.05, 0.1) is 11.4 Å². The van der Waals surface area contributed by atoms with Crippen molar-refractivity contribution in [2.75, 3.05) is 31.3 Å². The molecule has 1 aromatic carbocycles. The lowest BCUT2D eigenvalue weighted by Crippen LogP contribution is -2.27. The number of rotatable bonds is 4. The fourth-order valence-electron chi connectivity index (χ4n) is 1.45. The summed E-state index contributed by atoms with van der Waals surface area (Å²) in [6.45, 7) is 0.254. The number of carbonyl (C=O) groups is 1. The van der Waals surface area contributed by atoms with E-state index in [4.69, 9.17) is 5.73 Å². The molecule has 0 atom stereocenters. The van der Waals surface area contributed by atoms with E-state index in [0.29, 0.717) is 0 Å². The maximum absolute atomic E-state index is 13.5. The minimum absolute atomic E-state index is 0.0195. The maximum Gasteiger partial charge on any atom is 0.221 e. The first-order valence-corrected chi connectivity index (χ1v) is 5.12. The van der Waals surface area contributed by atoms with Crippen molar-refractivity contribution >= 4 is 17.3 Å². The lowest BCUT2D eigenvalue weighted by molar-refractivity contribution is -0.120. The molecule has 17 heavy (non-hydrogen) atoms. The Bertz CT molecular complexity index is 423. The van der Waals surface area contributed by atoms with Crippen molar-refractivity contribution in [2.24, 2.45) is 0 Å². The molecule has 1 aromatic rings. The summed E-state index contributed by atoms with van der Waals surface area (Å²) in [6.07, 6.45) is 0.183. The Morgan fingerprint density at radius 1 is 1.47 bits per heavy atom. The Balaban J connectivity index is 2.85. The van der Waals surface area contributed by atoms with E-state index in [1.165, 1.54) is 18.0 Å². The topological polar surface area (TPSA) is 58.4 Å². The number of carbonyl (C=O) groups excluding carboxylic acids is 1. The number of anilines is 2. The minimum atomic E-state index is -0.996. The monoisotopic (exact) mass is 243 g/mol. The molecule has 0 aromatic heterocycles. The van der Waals surface area contributed by atoms with Gasteiger partial charge in [0.2, 0.25) is 5.91 Å². The van der Waals surface area contributed by atoms with Gasteiger partial charge in [-0.3, -0.25) is 4.79 Å². The van der Waals surface area contributed by atoms with Gasteiger partial charge >= 0.3 is 0 Å². The van der Waals surface area contributed by atoms with Crippen LogP contribution in [0.2, 0.25) is 0 Å². The molecule has 4 nitrogen and oxygen atoms in total. The molecule has 0 saturated heterocycles. The molecular formula is C11H15F2N3O. The van der Waals surface area contributed by atoms with Gasteiger partial charge in [-0.1, -0.05) is 0 Å². The zero-order chi connectivity index (χ0) is 13.0. The second kappa shape index (κ2) is 5.47. The van der Waals surface area contributed by atoms with E-state index in [1.807, 2.05) is 0 Å². The van der Waals surface area contributed by atoms with Gasteiger partial charge < -0.3 is 16.0 Å². The van der Waals surface area contributed by atoms with Crippen LogP contribution in [0, 0.1) is 11.6 Å². The van der Waals surface area contributed by atoms with Crippen LogP contribution in [0.15, 0.2) is 12.1 Å². The first kappa shape index (κ1) is 13.2. The molecule has 1 amide bonds. The number of benzene rings is 1. The summed E-state index contributed by atoms with van der Waals surface area (Å²) < 4.78 is 26.6. The summed E-state index contributed by atoms with van der Waals surface area (Å²) in [5.74, 6) is -2.13. The molecule has 0 bridgehead atoms. The fraction of sp³-hybridized carbons (Fsp3) is 0.364. The first-order chi connectivity index (χ1) is 7.97. The zero-order valence-electron chi connectivity index (χ0n) is 9.76. The second-order valence-corrected chi connectivity index (χ2v) is 3.64. The molecule has 0 unspecified atom stereocenters. The summed E-state index contributed by atoms with van der Waals surface area (Å²) in [4.78, 5) is 12.5. The van der Waals surface area contributed by atoms with Gasteiger partial charge in [-0.15, -0.1) is 0 Å². The van der Waals surface area contributed by atoms with Crippen LogP contribution in [0.5, 0.6) is 0 Å². The van der Waals surface area contributed by atoms with Crippen molar-refractivity contribution in [2.45, 2.75) is 6.42 Å². The summed E-state index contributed by atoms with van der Waals surface area (Å²) in [7, 11) is 3.07. The van der Waals surface area contributed by atoms with Crippen LogP contribution < -0.4 is 16.0 Å². The number of amides is 1. The van der Waals surface area contributed by atoms with Crippen molar-refractivity contribution in [3.63, 3.8) is 0 Å². The molecule has 0 aliphatic heterocycles. The standard InChI is InChI=1S/C11H15F2N3O/c1-15-9(17)5-6-16(2)11-8(14)4-3-7(12)10(11)13/h3-4H,5-6,14H2,1-2H3,(H,15,17). The summed E-state index contributed by atoms with van der Waals surface area (Å²) in [6, 6.07) is 2.27. The van der Waals surface area contributed by atoms with Gasteiger partial charge in [0, 0.05) is 27.1 Å². The van der Waals surface area contributed by atoms with Crippen LogP contribution in [0.4, 0.5) is 20.2 Å². The minimum Gasteiger partial charge on any atom is -0.397 e. The van der Waals surface area contributed by atoms with Crippen molar-refractivity contribution in [3.8, 4) is 0 Å². The van der Waals surface area contributed by atoms with Gasteiger partial charge in [0.1, 0.15) is 0 Å². The number of nitrogen functional groups attached to an aromatic ring is 1. The normalized spacial score (nSPS) is 10.1. The first-order valence-electron chi connectivity index (χ1n) is 5.12. The Morgan fingerprint density at radius 3 is 2.71 bits per heavy atom. The van der Waals surface area contributed by atoms with Crippen LogP contribution in [0.25, 0.3) is 0 Å². The average molecular weight is 243 g/mol. The molecule has 0 fully saturated rings. The highest BCUT2D eigenvalue weighted by Gasteiger charge is 2.16. The van der Waals surface area contributed by atoms with Crippen molar-refractivity contribution < 1.29 is 13.6 Å². The molecule has 94 valence electrons. The summed E-state index contributed by atoms with van der Waals surface area (Å²) >= 11 is 0. The van der Waals surface area contributed by atoms with Crippen LogP contribution in [0.1, 0.15) is 6.42 Å². The van der Waals surface area contributed by atoms with Crippen LogP contribution >= 0.6 is 0 Å². The van der Waals surface area contributed by atoms with Crippen molar-refractivity contribution in [1.29, 1.82) is 0 Å². The number of hydrogen-bond acceptors (Lipinski definition) is 3. The Labute approximate surface area is 98.4 Å². The maximum atomic E-state index is 13.5. The predicted molar refractivity (Wildman–Crippen MR) is 62.7 cm³/mol. The van der Waals surface area contributed by atoms with Gasteiger partial charge in [-0.05, 0) is 12.1 Å². The Hall–Kier alpha value is -1.85. The van der Waals surface area contributed by atoms with Gasteiger partial charge in [-0.2, -0.15) is 0 Å². The lowest BCUT2D eigenvalue weighted by atomic mass is 10.2. The smallest absolute Gasteiger partial charge is 0.221 e. The van der Waals surface area contributed by atoms with Crippen LogP contribution in [0.3, 0.4) is 0 Å². The second-order valence-electron chi connectivity index (χ2n) is 3.64. The fourth-order valence-corrected chi connectivity index (χ4v) is 1.45. The third kappa shape index (κ3) is 3.05. The van der Waals surface area contributed by atoms with Gasteiger partial charge in [0.25, 0.3) is 0 Å². The zero-order valence-corrected chi connectivity index (χ0v) is 9.76. The lowest BCUT2D eigenvalue weighted by Gasteiger charge is -2.21. The molecule has 1 rings (SSSR count). The number of nitrogens with one attached hydrogen (secondary N) is 1. The van der Waals surface area contributed by atoms with E-state index in [1.54, 1.807) is 7.05 Å². The molecular weight excluding hydrogens is 228 g/mol. The van der Waals surface area contributed by atoms with E-state index < -0.39 is 11.6 Å². The largest absolute Gasteiger partial charge is 0.397 e. The van der Waals surface area contributed by atoms with E-state index in [9.17, 15) is 13.6 Å². The predicted octanol–water partition coefficient (Wildman–Crippen LogP) is 1.12. The molecule has 6 heteroatoms. The quantitative estimate of drug-likeness (QED) is 0.779. The van der Waals surface area contributed by atoms with E-state index in [2.05, 4.69) is 5.32 Å². The Morgan fingerprint density at radius 2 is 2.12 bits per heavy atom. The van der Waals surface area contributed by atoms with E-state index >= 15 is 0 Å². The Kier molecular flexibility index (Phi) is 4.25. The number of nitrogens with zero attached hydrogens (tertiary/aromatic N) is 1. The van der Waals surface area contributed by atoms with Crippen LogP contribution in [-0.2, 0) is 4.79 Å². The van der Waals surface area contributed by atoms with Crippen molar-refractivity contribution in [3.05, 3.63) is 23.8 Å². The van der Waals surface area contributed by atoms with Crippen molar-refractivity contribution in [1.82, 2.24) is 5.32 Å². The molecule has 0 heterocycles. The van der Waals surface area contributed by atoms with Gasteiger partial charge in [-0.25, -0.2) is 8.78 Å².